The number of rotatable bonds is 4. The zero-order chi connectivity index (χ0) is 20.7. The van der Waals surface area contributed by atoms with Crippen LogP contribution in [0.1, 0.15) is 41.5 Å². The van der Waals surface area contributed by atoms with Gasteiger partial charge in [-0.1, -0.05) is 24.3 Å². The van der Waals surface area contributed by atoms with E-state index in [0.717, 1.165) is 41.5 Å². The van der Waals surface area contributed by atoms with Gasteiger partial charge in [-0.25, -0.2) is 9.59 Å². The van der Waals surface area contributed by atoms with Crippen LogP contribution in [0.4, 0.5) is 0 Å². The van der Waals surface area contributed by atoms with Crippen molar-refractivity contribution in [3.05, 3.63) is 69.8 Å². The minimum atomic E-state index is -0.418. The van der Waals surface area contributed by atoms with Gasteiger partial charge in [-0.3, -0.25) is 0 Å². The van der Waals surface area contributed by atoms with Gasteiger partial charge in [-0.2, -0.15) is 0 Å². The number of benzene rings is 2. The van der Waals surface area contributed by atoms with Gasteiger partial charge in [0.25, 0.3) is 0 Å². The molecule has 2 atom stereocenters. The monoisotopic (exact) mass is 390 g/mol. The molecule has 0 amide bonds. The summed E-state index contributed by atoms with van der Waals surface area (Å²) in [6.45, 7) is 7.83. The molecular weight excluding hydrogens is 364 g/mol. The molecule has 0 N–H and O–H groups in total. The van der Waals surface area contributed by atoms with Crippen LogP contribution in [0.5, 0.6) is 11.5 Å². The van der Waals surface area contributed by atoms with E-state index in [1.807, 2.05) is 52.0 Å². The summed E-state index contributed by atoms with van der Waals surface area (Å²) in [5, 5.41) is 0. The van der Waals surface area contributed by atoms with Crippen molar-refractivity contribution < 1.29 is 19.1 Å². The Kier molecular flexibility index (Phi) is 5.03. The number of esters is 2. The Hall–Kier alpha value is -2.88. The fraction of sp³-hybridized carbons (Fsp3) is 0.360. The molecule has 0 aromatic heterocycles. The summed E-state index contributed by atoms with van der Waals surface area (Å²) in [4.78, 5) is 26.1. The van der Waals surface area contributed by atoms with Crippen LogP contribution in [-0.2, 0) is 9.59 Å². The number of fused-ring (bicyclic) bond motifs is 2. The van der Waals surface area contributed by atoms with Crippen LogP contribution in [0.2, 0.25) is 0 Å². The molecule has 2 aliphatic carbocycles. The van der Waals surface area contributed by atoms with Crippen LogP contribution < -0.4 is 9.47 Å². The van der Waals surface area contributed by atoms with Crippen LogP contribution in [-0.4, -0.2) is 11.9 Å². The van der Waals surface area contributed by atoms with Gasteiger partial charge in [0.2, 0.25) is 0 Å². The molecule has 2 bridgehead atoms. The molecule has 2 aromatic rings. The molecule has 4 heteroatoms. The van der Waals surface area contributed by atoms with E-state index in [4.69, 9.17) is 9.47 Å². The van der Waals surface area contributed by atoms with Crippen LogP contribution in [0.3, 0.4) is 0 Å². The van der Waals surface area contributed by atoms with E-state index in [0.29, 0.717) is 22.6 Å². The lowest BCUT2D eigenvalue weighted by atomic mass is 9.91. The van der Waals surface area contributed by atoms with Crippen molar-refractivity contribution in [2.24, 2.45) is 11.8 Å². The summed E-state index contributed by atoms with van der Waals surface area (Å²) in [6, 6.07) is 11.3. The largest absolute Gasteiger partial charge is 0.423 e. The van der Waals surface area contributed by atoms with Gasteiger partial charge >= 0.3 is 11.9 Å². The van der Waals surface area contributed by atoms with Crippen LogP contribution >= 0.6 is 0 Å². The van der Waals surface area contributed by atoms with Crippen molar-refractivity contribution in [2.75, 3.05) is 0 Å². The third-order valence-corrected chi connectivity index (χ3v) is 6.49. The number of hydrogen-bond donors (Lipinski definition) is 0. The Morgan fingerprint density at radius 1 is 0.724 bits per heavy atom. The number of carbonyl (C=O) groups is 2. The molecule has 4 rings (SSSR count). The normalized spacial score (nSPS) is 20.1. The van der Waals surface area contributed by atoms with Crippen LogP contribution in [0.15, 0.2) is 47.5 Å². The van der Waals surface area contributed by atoms with E-state index < -0.39 is 11.9 Å². The maximum Gasteiger partial charge on any atom is 0.340 e. The molecule has 0 heterocycles. The third-order valence-electron chi connectivity index (χ3n) is 6.49. The van der Waals surface area contributed by atoms with Gasteiger partial charge < -0.3 is 9.47 Å². The van der Waals surface area contributed by atoms with Crippen LogP contribution in [0.25, 0.3) is 0 Å². The molecule has 150 valence electrons. The first-order valence-corrected chi connectivity index (χ1v) is 10.2. The molecular formula is C25H26O4. The number of hydrogen-bond acceptors (Lipinski definition) is 4. The van der Waals surface area contributed by atoms with Gasteiger partial charge in [0.1, 0.15) is 11.5 Å². The van der Waals surface area contributed by atoms with Gasteiger partial charge in [0.05, 0.1) is 11.1 Å². The van der Waals surface area contributed by atoms with Gasteiger partial charge in [-0.05, 0) is 93.2 Å². The first kappa shape index (κ1) is 19.4. The predicted octanol–water partition coefficient (Wildman–Crippen LogP) is 5.16. The zero-order valence-corrected chi connectivity index (χ0v) is 17.4. The maximum absolute atomic E-state index is 13.1. The number of aryl methyl sites for hydroxylation is 2. The molecule has 0 spiro atoms. The van der Waals surface area contributed by atoms with E-state index >= 15 is 0 Å². The average molecular weight is 390 g/mol. The summed E-state index contributed by atoms with van der Waals surface area (Å²) in [5.74, 6) is 0.426. The zero-order valence-electron chi connectivity index (χ0n) is 17.4. The molecule has 0 saturated heterocycles. The fourth-order valence-electron chi connectivity index (χ4n) is 4.48. The maximum atomic E-state index is 13.1. The molecule has 0 aliphatic heterocycles. The van der Waals surface area contributed by atoms with E-state index in [9.17, 15) is 9.59 Å². The van der Waals surface area contributed by atoms with E-state index in [2.05, 4.69) is 0 Å². The lowest BCUT2D eigenvalue weighted by molar-refractivity contribution is -0.133. The van der Waals surface area contributed by atoms with Crippen molar-refractivity contribution in [3.8, 4) is 11.5 Å². The second-order valence-corrected chi connectivity index (χ2v) is 8.21. The van der Waals surface area contributed by atoms with Crippen molar-refractivity contribution in [3.63, 3.8) is 0 Å². The SMILES string of the molecule is Cc1cccc(OC(=O)C2=C(C(=O)Oc3cccc(C)c3C)C3CCC2C3)c1C. The van der Waals surface area contributed by atoms with Gasteiger partial charge in [0.15, 0.2) is 0 Å². The minimum absolute atomic E-state index is 0.0822. The highest BCUT2D eigenvalue weighted by Crippen LogP contribution is 2.49. The van der Waals surface area contributed by atoms with Crippen molar-refractivity contribution in [1.82, 2.24) is 0 Å². The predicted molar refractivity (Wildman–Crippen MR) is 111 cm³/mol. The average Bonchev–Trinajstić information content (AvgIpc) is 3.30. The lowest BCUT2D eigenvalue weighted by Crippen LogP contribution is -2.24. The summed E-state index contributed by atoms with van der Waals surface area (Å²) in [5.41, 5.74) is 5.02. The Labute approximate surface area is 171 Å². The summed E-state index contributed by atoms with van der Waals surface area (Å²) in [7, 11) is 0. The van der Waals surface area contributed by atoms with E-state index in [1.54, 1.807) is 12.1 Å². The molecule has 2 unspecified atom stereocenters. The standard InChI is InChI=1S/C25H26O4/c1-14-7-5-9-20(16(14)3)28-24(26)22-18-11-12-19(13-18)23(22)25(27)29-21-10-6-8-15(2)17(21)4/h5-10,18-19H,11-13H2,1-4H3. The molecule has 1 saturated carbocycles. The number of ether oxygens (including phenoxy) is 2. The highest BCUT2D eigenvalue weighted by molar-refractivity contribution is 6.04. The Morgan fingerprint density at radius 2 is 1.14 bits per heavy atom. The third kappa shape index (κ3) is 3.48. The van der Waals surface area contributed by atoms with Crippen LogP contribution in [0, 0.1) is 39.5 Å². The van der Waals surface area contributed by atoms with E-state index in [1.165, 1.54) is 0 Å². The summed E-state index contributed by atoms with van der Waals surface area (Å²) in [6.07, 6.45) is 2.67. The Bertz CT molecular complexity index is 950. The first-order chi connectivity index (χ1) is 13.9. The topological polar surface area (TPSA) is 52.6 Å². The van der Waals surface area contributed by atoms with Crippen molar-refractivity contribution in [1.29, 1.82) is 0 Å². The highest BCUT2D eigenvalue weighted by Gasteiger charge is 2.46. The minimum Gasteiger partial charge on any atom is -0.423 e. The summed E-state index contributed by atoms with van der Waals surface area (Å²) >= 11 is 0. The molecule has 2 aliphatic rings. The molecule has 4 nitrogen and oxygen atoms in total. The Morgan fingerprint density at radius 3 is 1.55 bits per heavy atom. The van der Waals surface area contributed by atoms with Crippen molar-refractivity contribution in [2.45, 2.75) is 47.0 Å². The summed E-state index contributed by atoms with van der Waals surface area (Å²) < 4.78 is 11.5. The second-order valence-electron chi connectivity index (χ2n) is 8.21. The molecule has 1 fully saturated rings. The Balaban J connectivity index is 1.64. The second kappa shape index (κ2) is 7.51. The smallest absolute Gasteiger partial charge is 0.340 e. The van der Waals surface area contributed by atoms with E-state index in [-0.39, 0.29) is 11.8 Å². The highest BCUT2D eigenvalue weighted by atomic mass is 16.5. The fourth-order valence-corrected chi connectivity index (χ4v) is 4.48. The van der Waals surface area contributed by atoms with Gasteiger partial charge in [0, 0.05) is 0 Å². The van der Waals surface area contributed by atoms with Gasteiger partial charge in [-0.15, -0.1) is 0 Å². The molecule has 0 radical (unpaired) electrons. The molecule has 29 heavy (non-hydrogen) atoms. The first-order valence-electron chi connectivity index (χ1n) is 10.2. The lowest BCUT2D eigenvalue weighted by Gasteiger charge is -2.19. The number of carbonyl (C=O) groups excluding carboxylic acids is 2. The van der Waals surface area contributed by atoms with Crippen molar-refractivity contribution >= 4 is 11.9 Å². The molecule has 2 aromatic carbocycles. The quantitative estimate of drug-likeness (QED) is 0.535.